The largest absolute Gasteiger partial charge is 0.481 e. The van der Waals surface area contributed by atoms with Crippen LogP contribution < -0.4 is 0 Å². The summed E-state index contributed by atoms with van der Waals surface area (Å²) in [4.78, 5) is 24.8. The molecule has 1 aromatic rings. The van der Waals surface area contributed by atoms with Gasteiger partial charge in [0.15, 0.2) is 0 Å². The van der Waals surface area contributed by atoms with Crippen molar-refractivity contribution in [2.24, 2.45) is 0 Å². The van der Waals surface area contributed by atoms with E-state index in [1.807, 2.05) is 20.8 Å². The summed E-state index contributed by atoms with van der Waals surface area (Å²) in [6.45, 7) is 5.65. The summed E-state index contributed by atoms with van der Waals surface area (Å²) < 4.78 is 0. The molecule has 1 N–H and O–H groups in total. The normalized spacial score (nSPS) is 11.2. The molecule has 0 spiro atoms. The van der Waals surface area contributed by atoms with E-state index in [0.717, 1.165) is 0 Å². The minimum Gasteiger partial charge on any atom is -0.481 e. The SMILES string of the molecule is CC(C)(C)N(CCC(=O)O)C(=O)c1ccc(Cl)cc1Cl. The number of nitrogens with zero attached hydrogens (tertiary/aromatic N) is 1. The third-order valence-corrected chi connectivity index (χ3v) is 3.31. The Labute approximate surface area is 128 Å². The van der Waals surface area contributed by atoms with Crippen LogP contribution in [0.4, 0.5) is 0 Å². The highest BCUT2D eigenvalue weighted by molar-refractivity contribution is 6.36. The van der Waals surface area contributed by atoms with E-state index in [2.05, 4.69) is 0 Å². The van der Waals surface area contributed by atoms with Gasteiger partial charge in [-0.25, -0.2) is 0 Å². The van der Waals surface area contributed by atoms with Crippen molar-refractivity contribution in [3.8, 4) is 0 Å². The number of carbonyl (C=O) groups excluding carboxylic acids is 1. The summed E-state index contributed by atoms with van der Waals surface area (Å²) in [5, 5.41) is 9.49. The summed E-state index contributed by atoms with van der Waals surface area (Å²) in [5.41, 5.74) is -0.188. The second-order valence-corrected chi connectivity index (χ2v) is 6.24. The molecule has 0 bridgehead atoms. The van der Waals surface area contributed by atoms with Crippen LogP contribution in [0.5, 0.6) is 0 Å². The van der Waals surface area contributed by atoms with E-state index in [-0.39, 0.29) is 23.9 Å². The van der Waals surface area contributed by atoms with Crippen LogP contribution in [-0.2, 0) is 4.79 Å². The van der Waals surface area contributed by atoms with Gasteiger partial charge in [0.05, 0.1) is 17.0 Å². The van der Waals surface area contributed by atoms with E-state index in [1.54, 1.807) is 12.1 Å². The molecule has 4 nitrogen and oxygen atoms in total. The minimum absolute atomic E-state index is 0.117. The van der Waals surface area contributed by atoms with Crippen LogP contribution in [0.3, 0.4) is 0 Å². The molecular formula is C14H17Cl2NO3. The Bertz CT molecular complexity index is 524. The van der Waals surface area contributed by atoms with E-state index < -0.39 is 11.5 Å². The topological polar surface area (TPSA) is 57.6 Å². The maximum Gasteiger partial charge on any atom is 0.305 e. The van der Waals surface area contributed by atoms with Crippen LogP contribution in [-0.4, -0.2) is 34.0 Å². The van der Waals surface area contributed by atoms with E-state index in [0.29, 0.717) is 10.6 Å². The average molecular weight is 318 g/mol. The lowest BCUT2D eigenvalue weighted by Gasteiger charge is -2.35. The van der Waals surface area contributed by atoms with Gasteiger partial charge in [-0.05, 0) is 39.0 Å². The van der Waals surface area contributed by atoms with Crippen LogP contribution in [0, 0.1) is 0 Å². The Kier molecular flexibility index (Phi) is 5.42. The van der Waals surface area contributed by atoms with Gasteiger partial charge < -0.3 is 10.0 Å². The fraction of sp³-hybridized carbons (Fsp3) is 0.429. The highest BCUT2D eigenvalue weighted by Crippen LogP contribution is 2.25. The molecule has 0 saturated carbocycles. The molecule has 1 rings (SSSR count). The van der Waals surface area contributed by atoms with Crippen molar-refractivity contribution in [3.05, 3.63) is 33.8 Å². The lowest BCUT2D eigenvalue weighted by Crippen LogP contribution is -2.46. The lowest BCUT2D eigenvalue weighted by molar-refractivity contribution is -0.137. The van der Waals surface area contributed by atoms with Gasteiger partial charge in [0, 0.05) is 17.1 Å². The van der Waals surface area contributed by atoms with Crippen LogP contribution >= 0.6 is 23.2 Å². The Hall–Kier alpha value is -1.26. The zero-order chi connectivity index (χ0) is 15.5. The van der Waals surface area contributed by atoms with Crippen molar-refractivity contribution in [1.82, 2.24) is 4.90 Å². The Morgan fingerprint density at radius 3 is 2.30 bits per heavy atom. The van der Waals surface area contributed by atoms with Crippen molar-refractivity contribution < 1.29 is 14.7 Å². The molecule has 20 heavy (non-hydrogen) atoms. The first-order valence-electron chi connectivity index (χ1n) is 6.11. The third-order valence-electron chi connectivity index (χ3n) is 2.77. The number of hydrogen-bond acceptors (Lipinski definition) is 2. The van der Waals surface area contributed by atoms with Gasteiger partial charge in [-0.3, -0.25) is 9.59 Å². The molecule has 0 unspecified atom stereocenters. The Morgan fingerprint density at radius 2 is 1.85 bits per heavy atom. The van der Waals surface area contributed by atoms with Crippen molar-refractivity contribution in [2.75, 3.05) is 6.54 Å². The Morgan fingerprint density at radius 1 is 1.25 bits per heavy atom. The zero-order valence-electron chi connectivity index (χ0n) is 11.6. The molecule has 110 valence electrons. The van der Waals surface area contributed by atoms with Gasteiger partial charge in [0.25, 0.3) is 5.91 Å². The van der Waals surface area contributed by atoms with Crippen molar-refractivity contribution in [2.45, 2.75) is 32.7 Å². The van der Waals surface area contributed by atoms with Crippen LogP contribution in [0.2, 0.25) is 10.0 Å². The second-order valence-electron chi connectivity index (χ2n) is 5.40. The average Bonchev–Trinajstić information content (AvgIpc) is 2.26. The fourth-order valence-electron chi connectivity index (χ4n) is 1.76. The van der Waals surface area contributed by atoms with Gasteiger partial charge in [-0.1, -0.05) is 23.2 Å². The maximum absolute atomic E-state index is 12.5. The highest BCUT2D eigenvalue weighted by Gasteiger charge is 2.28. The number of hydrogen-bond donors (Lipinski definition) is 1. The molecule has 0 atom stereocenters. The van der Waals surface area contributed by atoms with Gasteiger partial charge in [-0.15, -0.1) is 0 Å². The molecule has 0 heterocycles. The first-order valence-corrected chi connectivity index (χ1v) is 6.87. The number of carboxylic acid groups (broad SMARTS) is 1. The zero-order valence-corrected chi connectivity index (χ0v) is 13.1. The summed E-state index contributed by atoms with van der Waals surface area (Å²) in [5.74, 6) is -1.25. The molecule has 0 aliphatic rings. The van der Waals surface area contributed by atoms with Crippen LogP contribution in [0.15, 0.2) is 18.2 Å². The smallest absolute Gasteiger partial charge is 0.305 e. The number of aliphatic carboxylic acids is 1. The molecular weight excluding hydrogens is 301 g/mol. The lowest BCUT2D eigenvalue weighted by atomic mass is 10.0. The van der Waals surface area contributed by atoms with Gasteiger partial charge in [0.2, 0.25) is 0 Å². The Balaban J connectivity index is 3.07. The molecule has 0 saturated heterocycles. The third kappa shape index (κ3) is 4.39. The number of carbonyl (C=O) groups is 2. The van der Waals surface area contributed by atoms with Crippen molar-refractivity contribution in [1.29, 1.82) is 0 Å². The van der Waals surface area contributed by atoms with E-state index >= 15 is 0 Å². The second kappa shape index (κ2) is 6.46. The molecule has 1 amide bonds. The summed E-state index contributed by atoms with van der Waals surface area (Å²) >= 11 is 11.8. The fourth-order valence-corrected chi connectivity index (χ4v) is 2.25. The van der Waals surface area contributed by atoms with E-state index in [4.69, 9.17) is 28.3 Å². The summed E-state index contributed by atoms with van der Waals surface area (Å²) in [6.07, 6.45) is -0.117. The molecule has 0 aliphatic carbocycles. The van der Waals surface area contributed by atoms with Gasteiger partial charge >= 0.3 is 5.97 Å². The standard InChI is InChI=1S/C14H17Cl2NO3/c1-14(2,3)17(7-6-12(18)19)13(20)10-5-4-9(15)8-11(10)16/h4-5,8H,6-7H2,1-3H3,(H,18,19). The predicted octanol–water partition coefficient (Wildman–Crippen LogP) is 3.71. The molecule has 1 aromatic carbocycles. The molecule has 6 heteroatoms. The van der Waals surface area contributed by atoms with Crippen LogP contribution in [0.1, 0.15) is 37.6 Å². The number of amides is 1. The van der Waals surface area contributed by atoms with Gasteiger partial charge in [-0.2, -0.15) is 0 Å². The van der Waals surface area contributed by atoms with Gasteiger partial charge in [0.1, 0.15) is 0 Å². The van der Waals surface area contributed by atoms with Crippen molar-refractivity contribution >= 4 is 35.1 Å². The van der Waals surface area contributed by atoms with E-state index in [1.165, 1.54) is 11.0 Å². The maximum atomic E-state index is 12.5. The summed E-state index contributed by atoms with van der Waals surface area (Å²) in [6, 6.07) is 4.62. The molecule has 0 aliphatic heterocycles. The monoisotopic (exact) mass is 317 g/mol. The summed E-state index contributed by atoms with van der Waals surface area (Å²) in [7, 11) is 0. The number of benzene rings is 1. The number of rotatable bonds is 4. The molecule has 0 fully saturated rings. The first-order chi connectivity index (χ1) is 9.12. The number of halogens is 2. The van der Waals surface area contributed by atoms with Crippen LogP contribution in [0.25, 0.3) is 0 Å². The highest BCUT2D eigenvalue weighted by atomic mass is 35.5. The minimum atomic E-state index is -0.950. The molecule has 0 radical (unpaired) electrons. The quantitative estimate of drug-likeness (QED) is 0.921. The van der Waals surface area contributed by atoms with Crippen molar-refractivity contribution in [3.63, 3.8) is 0 Å². The van der Waals surface area contributed by atoms with E-state index in [9.17, 15) is 9.59 Å². The number of carboxylic acids is 1. The first kappa shape index (κ1) is 16.8. The predicted molar refractivity (Wildman–Crippen MR) is 79.5 cm³/mol. The molecule has 0 aromatic heterocycles.